The summed E-state index contributed by atoms with van der Waals surface area (Å²) < 4.78 is 67.4. The minimum Gasteiger partial charge on any atom is -0.493 e. The molecule has 0 amide bonds. The molecule has 3 unspecified atom stereocenters. The zero-order valence-electron chi connectivity index (χ0n) is 22.4. The lowest BCUT2D eigenvalue weighted by molar-refractivity contribution is -0.137. The van der Waals surface area contributed by atoms with Crippen molar-refractivity contribution in [3.8, 4) is 5.75 Å². The molecule has 6 rings (SSSR count). The average Bonchev–Trinajstić information content (AvgIpc) is 3.46. The monoisotopic (exact) mass is 587 g/mol. The molecule has 0 radical (unpaired) electrons. The summed E-state index contributed by atoms with van der Waals surface area (Å²) in [5.41, 5.74) is 2.04. The van der Waals surface area contributed by atoms with Crippen LogP contribution in [-0.2, 0) is 17.3 Å². The van der Waals surface area contributed by atoms with E-state index >= 15 is 0 Å². The Morgan fingerprint density at radius 3 is 2.59 bits per heavy atom. The largest absolute Gasteiger partial charge is 0.493 e. The Kier molecular flexibility index (Phi) is 7.97. The van der Waals surface area contributed by atoms with E-state index in [1.165, 1.54) is 12.1 Å². The maximum Gasteiger partial charge on any atom is 0.416 e. The van der Waals surface area contributed by atoms with Crippen molar-refractivity contribution in [3.05, 3.63) is 60.0 Å². The van der Waals surface area contributed by atoms with E-state index in [4.69, 9.17) is 4.74 Å². The van der Waals surface area contributed by atoms with Gasteiger partial charge in [0, 0.05) is 29.4 Å². The zero-order valence-corrected chi connectivity index (χ0v) is 23.2. The maximum atomic E-state index is 12.8. The van der Waals surface area contributed by atoms with Crippen molar-refractivity contribution in [2.24, 2.45) is 11.8 Å². The molecule has 1 saturated carbocycles. The minimum absolute atomic E-state index is 0.0865. The summed E-state index contributed by atoms with van der Waals surface area (Å²) in [7, 11) is 0. The molecule has 3 aromatic heterocycles. The van der Waals surface area contributed by atoms with Crippen LogP contribution in [0.25, 0.3) is 21.9 Å². The molecule has 0 spiro atoms. The van der Waals surface area contributed by atoms with E-state index in [0.717, 1.165) is 79.1 Å². The predicted octanol–water partition coefficient (Wildman–Crippen LogP) is 6.14. The molecule has 4 heterocycles. The second kappa shape index (κ2) is 11.7. The smallest absolute Gasteiger partial charge is 0.416 e. The Balaban J connectivity index is 1.10. The Bertz CT molecular complexity index is 1520. The number of benzene rings is 1. The van der Waals surface area contributed by atoms with Crippen LogP contribution in [0.5, 0.6) is 5.75 Å². The van der Waals surface area contributed by atoms with Gasteiger partial charge in [-0.15, -0.1) is 0 Å². The van der Waals surface area contributed by atoms with Crippen LogP contribution < -0.4 is 4.74 Å². The maximum absolute atomic E-state index is 12.8. The molecular weight excluding hydrogens is 555 g/mol. The third kappa shape index (κ3) is 5.96. The molecule has 41 heavy (non-hydrogen) atoms. The third-order valence-corrected chi connectivity index (χ3v) is 9.71. The molecule has 1 aliphatic heterocycles. The first-order chi connectivity index (χ1) is 19.8. The summed E-state index contributed by atoms with van der Waals surface area (Å²) in [4.78, 5) is 10.9. The van der Waals surface area contributed by atoms with Gasteiger partial charge in [0.25, 0.3) is 0 Å². The molecule has 1 aliphatic carbocycles. The molecule has 2 aliphatic rings. The number of nitrogens with zero attached hydrogens (tertiary/aromatic N) is 4. The molecule has 12 heteroatoms. The number of nitrogens with one attached hydrogen (secondary N) is 1. The fourth-order valence-electron chi connectivity index (χ4n) is 6.63. The van der Waals surface area contributed by atoms with E-state index in [2.05, 4.69) is 25.1 Å². The lowest BCUT2D eigenvalue weighted by Crippen LogP contribution is -2.49. The van der Waals surface area contributed by atoms with Crippen molar-refractivity contribution in [2.45, 2.75) is 56.0 Å². The number of alkyl halides is 3. The van der Waals surface area contributed by atoms with Crippen molar-refractivity contribution in [1.82, 2.24) is 25.1 Å². The predicted molar refractivity (Wildman–Crippen MR) is 150 cm³/mol. The number of hydrogen-bond acceptors (Lipinski definition) is 6. The van der Waals surface area contributed by atoms with Gasteiger partial charge in [-0.05, 0) is 92.8 Å². The standard InChI is InChI=1S/C29H32F3N5O3S/c30-29(31,32)21-7-9-22(10-8-21)40-17-18-2-1-13-37(16-18)28(41(38)39)20-5-3-19(4-6-20)24-14-35-36-25-15-34-27-23(26(24)25)11-12-33-27/h7-12,14-15,18-20,28,36H,1-6,13,16-17H2,(H,38,39). The van der Waals surface area contributed by atoms with Crippen LogP contribution in [0.4, 0.5) is 13.2 Å². The fraction of sp³-hybridized carbons (Fsp3) is 0.483. The fourth-order valence-corrected chi connectivity index (χ4v) is 7.67. The first-order valence-corrected chi connectivity index (χ1v) is 15.2. The SMILES string of the molecule is O=S(O)C(C1CCC(c2cn[nH]c3cnc4nccc4c23)CC1)N1CCCC(COc2ccc(C(F)(F)F)cc2)C1. The van der Waals surface area contributed by atoms with Gasteiger partial charge in [-0.2, -0.15) is 18.3 Å². The third-order valence-electron chi connectivity index (χ3n) is 8.61. The lowest BCUT2D eigenvalue weighted by atomic mass is 9.77. The summed E-state index contributed by atoms with van der Waals surface area (Å²) in [5, 5.41) is 9.05. The van der Waals surface area contributed by atoms with Crippen LogP contribution in [-0.4, -0.2) is 58.9 Å². The van der Waals surface area contributed by atoms with Crippen molar-refractivity contribution in [3.63, 3.8) is 0 Å². The van der Waals surface area contributed by atoms with Gasteiger partial charge in [-0.25, -0.2) is 14.2 Å². The van der Waals surface area contributed by atoms with E-state index < -0.39 is 28.2 Å². The molecule has 4 aromatic rings. The van der Waals surface area contributed by atoms with Gasteiger partial charge in [0.15, 0.2) is 16.7 Å². The van der Waals surface area contributed by atoms with E-state index in [9.17, 15) is 21.9 Å². The van der Waals surface area contributed by atoms with Crippen molar-refractivity contribution in [2.75, 3.05) is 19.7 Å². The van der Waals surface area contributed by atoms with Gasteiger partial charge in [-0.3, -0.25) is 10.00 Å². The summed E-state index contributed by atoms with van der Waals surface area (Å²) in [5.74, 6) is 0.890. The zero-order chi connectivity index (χ0) is 28.6. The highest BCUT2D eigenvalue weighted by atomic mass is 32.2. The number of piperidine rings is 1. The summed E-state index contributed by atoms with van der Waals surface area (Å²) >= 11 is -2.01. The number of rotatable bonds is 7. The van der Waals surface area contributed by atoms with Crippen LogP contribution in [0, 0.1) is 11.8 Å². The Labute approximate surface area is 238 Å². The van der Waals surface area contributed by atoms with Gasteiger partial charge < -0.3 is 9.29 Å². The van der Waals surface area contributed by atoms with Gasteiger partial charge in [0.1, 0.15) is 11.1 Å². The Morgan fingerprint density at radius 2 is 1.85 bits per heavy atom. The van der Waals surface area contributed by atoms with Crippen LogP contribution in [0.3, 0.4) is 0 Å². The molecule has 2 N–H and O–H groups in total. The number of pyridine rings is 1. The van der Waals surface area contributed by atoms with Crippen LogP contribution in [0.1, 0.15) is 55.6 Å². The highest BCUT2D eigenvalue weighted by Gasteiger charge is 2.38. The summed E-state index contributed by atoms with van der Waals surface area (Å²) in [6, 6.07) is 6.70. The molecule has 3 atom stereocenters. The number of halogens is 3. The van der Waals surface area contributed by atoms with Crippen molar-refractivity contribution >= 4 is 33.0 Å². The number of fused-ring (bicyclic) bond motifs is 3. The van der Waals surface area contributed by atoms with E-state index in [1.807, 2.05) is 12.3 Å². The molecule has 0 bridgehead atoms. The number of H-pyrrole nitrogens is 1. The number of ether oxygens (including phenoxy) is 1. The quantitative estimate of drug-likeness (QED) is 0.251. The highest BCUT2D eigenvalue weighted by Crippen LogP contribution is 2.42. The summed E-state index contributed by atoms with van der Waals surface area (Å²) in [6.45, 7) is 1.71. The number of likely N-dealkylation sites (tertiary alicyclic amines) is 1. The van der Waals surface area contributed by atoms with E-state index in [-0.39, 0.29) is 17.8 Å². The molecule has 8 nitrogen and oxygen atoms in total. The number of aromatic nitrogens is 4. The number of hydrogen-bond donors (Lipinski definition) is 2. The second-order valence-electron chi connectivity index (χ2n) is 11.2. The van der Waals surface area contributed by atoms with Gasteiger partial charge in [0.2, 0.25) is 0 Å². The minimum atomic E-state index is -4.38. The Morgan fingerprint density at radius 1 is 1.07 bits per heavy atom. The van der Waals surface area contributed by atoms with Crippen LogP contribution >= 0.6 is 0 Å². The molecule has 1 saturated heterocycles. The molecule has 1 aromatic carbocycles. The average molecular weight is 588 g/mol. The second-order valence-corrected chi connectivity index (χ2v) is 12.2. The van der Waals surface area contributed by atoms with Gasteiger partial charge in [-0.1, -0.05) is 0 Å². The first kappa shape index (κ1) is 28.0. The van der Waals surface area contributed by atoms with Gasteiger partial charge in [0.05, 0.1) is 30.1 Å². The normalized spacial score (nSPS) is 24.0. The molecule has 218 valence electrons. The Hall–Kier alpha value is -3.09. The molecule has 2 fully saturated rings. The summed E-state index contributed by atoms with van der Waals surface area (Å²) in [6.07, 6.45) is 6.28. The number of aromatic amines is 1. The molecular formula is C29H32F3N5O3S. The highest BCUT2D eigenvalue weighted by molar-refractivity contribution is 7.79. The van der Waals surface area contributed by atoms with E-state index in [1.54, 1.807) is 12.4 Å². The van der Waals surface area contributed by atoms with Crippen LogP contribution in [0.15, 0.2) is 48.9 Å². The lowest BCUT2D eigenvalue weighted by Gasteiger charge is -2.42. The van der Waals surface area contributed by atoms with Gasteiger partial charge >= 0.3 is 6.18 Å². The van der Waals surface area contributed by atoms with Crippen molar-refractivity contribution in [1.29, 1.82) is 0 Å². The van der Waals surface area contributed by atoms with Crippen LogP contribution in [0.2, 0.25) is 0 Å². The van der Waals surface area contributed by atoms with E-state index in [0.29, 0.717) is 24.5 Å². The van der Waals surface area contributed by atoms with Crippen molar-refractivity contribution < 1.29 is 26.7 Å². The topological polar surface area (TPSA) is 104 Å². The first-order valence-electron chi connectivity index (χ1n) is 14.0.